The van der Waals surface area contributed by atoms with E-state index in [9.17, 15) is 9.59 Å². The van der Waals surface area contributed by atoms with E-state index in [0.29, 0.717) is 29.1 Å². The number of benzene rings is 2. The Kier molecular flexibility index (Phi) is 4.81. The van der Waals surface area contributed by atoms with E-state index in [1.807, 2.05) is 29.2 Å². The molecular formula is C21H22N2O5. The van der Waals surface area contributed by atoms with Crippen molar-refractivity contribution < 1.29 is 18.7 Å². The number of methoxy groups -OCH3 is 2. The lowest BCUT2D eigenvalue weighted by Crippen LogP contribution is -2.35. The van der Waals surface area contributed by atoms with Gasteiger partial charge in [-0.2, -0.15) is 0 Å². The van der Waals surface area contributed by atoms with Crippen molar-refractivity contribution in [1.82, 2.24) is 9.47 Å². The summed E-state index contributed by atoms with van der Waals surface area (Å²) in [7, 11) is 3.19. The summed E-state index contributed by atoms with van der Waals surface area (Å²) >= 11 is 0. The predicted octanol–water partition coefficient (Wildman–Crippen LogP) is 2.98. The maximum absolute atomic E-state index is 13.0. The zero-order valence-corrected chi connectivity index (χ0v) is 15.9. The molecular weight excluding hydrogens is 360 g/mol. The van der Waals surface area contributed by atoms with Gasteiger partial charge in [0.25, 0.3) is 0 Å². The van der Waals surface area contributed by atoms with Crippen LogP contribution in [0, 0.1) is 0 Å². The molecule has 0 radical (unpaired) electrons. The Morgan fingerprint density at radius 1 is 1.14 bits per heavy atom. The maximum Gasteiger partial charge on any atom is 0.420 e. The first kappa shape index (κ1) is 18.2. The van der Waals surface area contributed by atoms with E-state index < -0.39 is 5.76 Å². The van der Waals surface area contributed by atoms with E-state index >= 15 is 0 Å². The highest BCUT2D eigenvalue weighted by atomic mass is 16.5. The van der Waals surface area contributed by atoms with Crippen LogP contribution in [-0.4, -0.2) is 36.1 Å². The minimum Gasteiger partial charge on any atom is -0.493 e. The maximum atomic E-state index is 13.0. The van der Waals surface area contributed by atoms with Crippen molar-refractivity contribution >= 4 is 17.0 Å². The molecule has 0 spiro atoms. The number of ether oxygens (including phenoxy) is 2. The fraction of sp³-hybridized carbons (Fsp3) is 0.333. The van der Waals surface area contributed by atoms with Crippen LogP contribution < -0.4 is 15.2 Å². The smallest absolute Gasteiger partial charge is 0.420 e. The first-order valence-electron chi connectivity index (χ1n) is 9.22. The number of rotatable bonds is 5. The molecule has 1 unspecified atom stereocenters. The second-order valence-electron chi connectivity index (χ2n) is 6.78. The van der Waals surface area contributed by atoms with Gasteiger partial charge in [-0.3, -0.25) is 9.36 Å². The van der Waals surface area contributed by atoms with E-state index in [1.54, 1.807) is 32.4 Å². The average Bonchev–Trinajstić information content (AvgIpc) is 3.32. The fourth-order valence-electron chi connectivity index (χ4n) is 3.86. The summed E-state index contributed by atoms with van der Waals surface area (Å²) in [6, 6.07) is 12.8. The van der Waals surface area contributed by atoms with E-state index in [-0.39, 0.29) is 18.5 Å². The molecule has 1 saturated heterocycles. The number of hydrogen-bond acceptors (Lipinski definition) is 5. The van der Waals surface area contributed by atoms with Gasteiger partial charge in [0, 0.05) is 6.54 Å². The second-order valence-corrected chi connectivity index (χ2v) is 6.78. The molecule has 3 aromatic rings. The van der Waals surface area contributed by atoms with Gasteiger partial charge in [-0.05, 0) is 42.7 Å². The fourth-order valence-corrected chi connectivity index (χ4v) is 3.86. The molecule has 1 aliphatic heterocycles. The van der Waals surface area contributed by atoms with Crippen LogP contribution >= 0.6 is 0 Å². The standard InChI is InChI=1S/C21H22N2O5/c1-26-18-10-9-14(12-19(18)27-2)15-7-5-11-22(15)20(24)13-23-16-6-3-4-8-17(16)28-21(23)25/h3-4,6,8-10,12,15H,5,7,11,13H2,1-2H3. The number of carbonyl (C=O) groups excluding carboxylic acids is 1. The van der Waals surface area contributed by atoms with Crippen molar-refractivity contribution in [1.29, 1.82) is 0 Å². The highest BCUT2D eigenvalue weighted by molar-refractivity contribution is 5.80. The molecule has 7 nitrogen and oxygen atoms in total. The number of aromatic nitrogens is 1. The van der Waals surface area contributed by atoms with Gasteiger partial charge in [0.15, 0.2) is 17.1 Å². The second kappa shape index (κ2) is 7.42. The summed E-state index contributed by atoms with van der Waals surface area (Å²) in [5.74, 6) is 0.664. The molecule has 1 atom stereocenters. The zero-order valence-electron chi connectivity index (χ0n) is 15.9. The first-order chi connectivity index (χ1) is 13.6. The number of carbonyl (C=O) groups is 1. The van der Waals surface area contributed by atoms with Crippen molar-refractivity contribution in [3.05, 3.63) is 58.6 Å². The van der Waals surface area contributed by atoms with E-state index in [4.69, 9.17) is 13.9 Å². The number of oxazole rings is 1. The lowest BCUT2D eigenvalue weighted by atomic mass is 10.0. The van der Waals surface area contributed by atoms with E-state index in [2.05, 4.69) is 0 Å². The van der Waals surface area contributed by atoms with Gasteiger partial charge in [-0.25, -0.2) is 4.79 Å². The van der Waals surface area contributed by atoms with Crippen LogP contribution in [0.4, 0.5) is 0 Å². The summed E-state index contributed by atoms with van der Waals surface area (Å²) in [4.78, 5) is 27.1. The van der Waals surface area contributed by atoms with Crippen molar-refractivity contribution in [3.63, 3.8) is 0 Å². The highest BCUT2D eigenvalue weighted by Gasteiger charge is 2.31. The summed E-state index contributed by atoms with van der Waals surface area (Å²) in [6.45, 7) is 0.613. The Balaban J connectivity index is 1.60. The molecule has 2 heterocycles. The molecule has 2 aromatic carbocycles. The van der Waals surface area contributed by atoms with Crippen LogP contribution in [-0.2, 0) is 11.3 Å². The Bertz CT molecular complexity index is 1070. The summed E-state index contributed by atoms with van der Waals surface area (Å²) in [5, 5.41) is 0. The van der Waals surface area contributed by atoms with Gasteiger partial charge in [0.05, 0.1) is 25.8 Å². The van der Waals surface area contributed by atoms with Crippen LogP contribution in [0.15, 0.2) is 51.7 Å². The molecule has 0 saturated carbocycles. The lowest BCUT2D eigenvalue weighted by Gasteiger charge is -2.26. The van der Waals surface area contributed by atoms with E-state index in [1.165, 1.54) is 4.57 Å². The minimum atomic E-state index is -0.517. The van der Waals surface area contributed by atoms with Crippen molar-refractivity contribution in [2.24, 2.45) is 0 Å². The quantitative estimate of drug-likeness (QED) is 0.678. The third-order valence-corrected chi connectivity index (χ3v) is 5.23. The van der Waals surface area contributed by atoms with E-state index in [0.717, 1.165) is 18.4 Å². The van der Waals surface area contributed by atoms with Crippen LogP contribution in [0.2, 0.25) is 0 Å². The van der Waals surface area contributed by atoms with Crippen molar-refractivity contribution in [2.75, 3.05) is 20.8 Å². The van der Waals surface area contributed by atoms with Crippen LogP contribution in [0.25, 0.3) is 11.1 Å². The zero-order chi connectivity index (χ0) is 19.7. The Hall–Kier alpha value is -3.22. The number of nitrogens with zero attached hydrogens (tertiary/aromatic N) is 2. The molecule has 4 rings (SSSR count). The van der Waals surface area contributed by atoms with Gasteiger partial charge in [-0.15, -0.1) is 0 Å². The average molecular weight is 382 g/mol. The van der Waals surface area contributed by atoms with Crippen molar-refractivity contribution in [3.8, 4) is 11.5 Å². The highest BCUT2D eigenvalue weighted by Crippen LogP contribution is 2.37. The van der Waals surface area contributed by atoms with Crippen molar-refractivity contribution in [2.45, 2.75) is 25.4 Å². The normalized spacial score (nSPS) is 16.5. The van der Waals surface area contributed by atoms with Gasteiger partial charge in [-0.1, -0.05) is 18.2 Å². The predicted molar refractivity (Wildman–Crippen MR) is 104 cm³/mol. The van der Waals surface area contributed by atoms with Crippen LogP contribution in [0.5, 0.6) is 11.5 Å². The summed E-state index contributed by atoms with van der Waals surface area (Å²) in [6.07, 6.45) is 1.77. The summed E-state index contributed by atoms with van der Waals surface area (Å²) < 4.78 is 17.3. The SMILES string of the molecule is COc1ccc(C2CCCN2C(=O)Cn2c(=O)oc3ccccc32)cc1OC. The number of likely N-dealkylation sites (tertiary alicyclic amines) is 1. The van der Waals surface area contributed by atoms with Gasteiger partial charge in [0.1, 0.15) is 6.54 Å². The topological polar surface area (TPSA) is 73.9 Å². The number of hydrogen-bond donors (Lipinski definition) is 0. The number of amides is 1. The number of fused-ring (bicyclic) bond motifs is 1. The van der Waals surface area contributed by atoms with Gasteiger partial charge >= 0.3 is 5.76 Å². The third kappa shape index (κ3) is 3.13. The first-order valence-corrected chi connectivity index (χ1v) is 9.22. The monoisotopic (exact) mass is 382 g/mol. The largest absolute Gasteiger partial charge is 0.493 e. The molecule has 1 amide bonds. The Labute approximate surface area is 162 Å². The van der Waals surface area contributed by atoms with Gasteiger partial charge < -0.3 is 18.8 Å². The molecule has 1 aromatic heterocycles. The molecule has 146 valence electrons. The summed E-state index contributed by atoms with van der Waals surface area (Å²) in [5.41, 5.74) is 2.11. The molecule has 1 fully saturated rings. The van der Waals surface area contributed by atoms with Crippen LogP contribution in [0.3, 0.4) is 0 Å². The molecule has 0 bridgehead atoms. The molecule has 7 heteroatoms. The van der Waals surface area contributed by atoms with Gasteiger partial charge in [0.2, 0.25) is 5.91 Å². The molecule has 1 aliphatic rings. The molecule has 28 heavy (non-hydrogen) atoms. The van der Waals surface area contributed by atoms with Crippen LogP contribution in [0.1, 0.15) is 24.4 Å². The third-order valence-electron chi connectivity index (χ3n) is 5.23. The Morgan fingerprint density at radius 3 is 2.71 bits per heavy atom. The lowest BCUT2D eigenvalue weighted by molar-refractivity contribution is -0.132. The Morgan fingerprint density at radius 2 is 1.93 bits per heavy atom. The number of para-hydroxylation sites is 2. The molecule has 0 aliphatic carbocycles. The minimum absolute atomic E-state index is 0.0420. The molecule has 0 N–H and O–H groups in total.